The number of esters is 2. The van der Waals surface area contributed by atoms with E-state index < -0.39 is 11.9 Å². The molecule has 0 heterocycles. The number of rotatable bonds is 11. The Bertz CT molecular complexity index is 766. The second-order valence-electron chi connectivity index (χ2n) is 5.55. The standard InChI is InChI=1S/C21H22O7/c1-2-20(23)27-15-16-3-5-17(6-4-16)21(24)28-19-9-7-18(8-10-19)26-14-13-25-12-11-22/h2-10,22H,1,11-15H2. The lowest BCUT2D eigenvalue weighted by molar-refractivity contribution is -0.138. The van der Waals surface area contributed by atoms with Crippen LogP contribution in [-0.4, -0.2) is 43.5 Å². The van der Waals surface area contributed by atoms with Gasteiger partial charge in [0.15, 0.2) is 0 Å². The van der Waals surface area contributed by atoms with E-state index >= 15 is 0 Å². The monoisotopic (exact) mass is 386 g/mol. The Morgan fingerprint density at radius 3 is 2.25 bits per heavy atom. The highest BCUT2D eigenvalue weighted by atomic mass is 16.5. The lowest BCUT2D eigenvalue weighted by Crippen LogP contribution is -2.10. The van der Waals surface area contributed by atoms with Crippen LogP contribution in [0.15, 0.2) is 61.2 Å². The summed E-state index contributed by atoms with van der Waals surface area (Å²) in [4.78, 5) is 23.3. The van der Waals surface area contributed by atoms with E-state index in [0.29, 0.717) is 30.3 Å². The van der Waals surface area contributed by atoms with Gasteiger partial charge in [0.25, 0.3) is 0 Å². The summed E-state index contributed by atoms with van der Waals surface area (Å²) in [7, 11) is 0. The molecule has 1 N–H and O–H groups in total. The number of hydrogen-bond donors (Lipinski definition) is 1. The van der Waals surface area contributed by atoms with Crippen LogP contribution in [-0.2, 0) is 20.9 Å². The van der Waals surface area contributed by atoms with Crippen molar-refractivity contribution in [3.63, 3.8) is 0 Å². The summed E-state index contributed by atoms with van der Waals surface area (Å²) in [6.07, 6.45) is 1.09. The molecular weight excluding hydrogens is 364 g/mol. The molecule has 0 unspecified atom stereocenters. The van der Waals surface area contributed by atoms with Crippen LogP contribution in [0.25, 0.3) is 0 Å². The summed E-state index contributed by atoms with van der Waals surface area (Å²) in [6.45, 7) is 4.41. The van der Waals surface area contributed by atoms with E-state index in [-0.39, 0.29) is 19.8 Å². The lowest BCUT2D eigenvalue weighted by atomic mass is 10.1. The van der Waals surface area contributed by atoms with Gasteiger partial charge in [0.1, 0.15) is 24.7 Å². The Labute approximate surface area is 163 Å². The molecule has 7 nitrogen and oxygen atoms in total. The first kappa shape index (κ1) is 21.1. The topological polar surface area (TPSA) is 91.3 Å². The van der Waals surface area contributed by atoms with Crippen LogP contribution in [0.1, 0.15) is 15.9 Å². The fourth-order valence-corrected chi connectivity index (χ4v) is 2.11. The van der Waals surface area contributed by atoms with Gasteiger partial charge in [-0.05, 0) is 42.0 Å². The molecule has 0 atom stereocenters. The number of hydrogen-bond acceptors (Lipinski definition) is 7. The largest absolute Gasteiger partial charge is 0.491 e. The van der Waals surface area contributed by atoms with Crippen LogP contribution >= 0.6 is 0 Å². The average Bonchev–Trinajstić information content (AvgIpc) is 2.73. The van der Waals surface area contributed by atoms with Gasteiger partial charge in [0.05, 0.1) is 25.4 Å². The van der Waals surface area contributed by atoms with E-state index in [9.17, 15) is 9.59 Å². The van der Waals surface area contributed by atoms with Crippen molar-refractivity contribution in [2.75, 3.05) is 26.4 Å². The van der Waals surface area contributed by atoms with Crippen LogP contribution in [0.5, 0.6) is 11.5 Å². The predicted octanol–water partition coefficient (Wildman–Crippen LogP) is 2.52. The van der Waals surface area contributed by atoms with Crippen LogP contribution in [0, 0.1) is 0 Å². The Morgan fingerprint density at radius 2 is 1.61 bits per heavy atom. The fraction of sp³-hybridized carbons (Fsp3) is 0.238. The van der Waals surface area contributed by atoms with E-state index in [1.165, 1.54) is 0 Å². The van der Waals surface area contributed by atoms with Crippen LogP contribution in [0.4, 0.5) is 0 Å². The number of ether oxygens (including phenoxy) is 4. The molecule has 148 valence electrons. The second kappa shape index (κ2) is 11.5. The molecule has 0 aliphatic heterocycles. The maximum absolute atomic E-state index is 12.2. The van der Waals surface area contributed by atoms with Crippen molar-refractivity contribution in [3.05, 3.63) is 72.3 Å². The molecule has 0 saturated carbocycles. The van der Waals surface area contributed by atoms with Gasteiger partial charge in [-0.2, -0.15) is 0 Å². The highest BCUT2D eigenvalue weighted by Gasteiger charge is 2.09. The smallest absolute Gasteiger partial charge is 0.343 e. The maximum Gasteiger partial charge on any atom is 0.343 e. The molecule has 0 spiro atoms. The van der Waals surface area contributed by atoms with E-state index in [2.05, 4.69) is 6.58 Å². The third-order valence-electron chi connectivity index (χ3n) is 3.50. The van der Waals surface area contributed by atoms with Gasteiger partial charge in [-0.3, -0.25) is 0 Å². The summed E-state index contributed by atoms with van der Waals surface area (Å²) in [6, 6.07) is 13.2. The summed E-state index contributed by atoms with van der Waals surface area (Å²) in [5, 5.41) is 8.61. The van der Waals surface area contributed by atoms with Crippen molar-refractivity contribution in [1.29, 1.82) is 0 Å². The Kier molecular flexibility index (Phi) is 8.71. The van der Waals surface area contributed by atoms with Crippen molar-refractivity contribution >= 4 is 11.9 Å². The summed E-state index contributed by atoms with van der Waals surface area (Å²) < 4.78 is 20.8. The minimum Gasteiger partial charge on any atom is -0.491 e. The minimum absolute atomic E-state index is 0.0223. The quantitative estimate of drug-likeness (QED) is 0.275. The van der Waals surface area contributed by atoms with Crippen molar-refractivity contribution in [1.82, 2.24) is 0 Å². The van der Waals surface area contributed by atoms with Crippen LogP contribution in [0.2, 0.25) is 0 Å². The van der Waals surface area contributed by atoms with E-state index in [4.69, 9.17) is 24.1 Å². The van der Waals surface area contributed by atoms with E-state index in [1.54, 1.807) is 48.5 Å². The number of carbonyl (C=O) groups excluding carboxylic acids is 2. The molecule has 0 fully saturated rings. The Balaban J connectivity index is 1.81. The van der Waals surface area contributed by atoms with Gasteiger partial charge in [-0.1, -0.05) is 18.7 Å². The molecule has 0 aliphatic rings. The average molecular weight is 386 g/mol. The summed E-state index contributed by atoms with van der Waals surface area (Å²) in [5.74, 6) is -0.00185. The second-order valence-corrected chi connectivity index (χ2v) is 5.55. The zero-order valence-corrected chi connectivity index (χ0v) is 15.3. The van der Waals surface area contributed by atoms with Gasteiger partial charge >= 0.3 is 11.9 Å². The zero-order valence-electron chi connectivity index (χ0n) is 15.3. The molecule has 2 rings (SSSR count). The van der Waals surface area contributed by atoms with Crippen LogP contribution < -0.4 is 9.47 Å². The highest BCUT2D eigenvalue weighted by molar-refractivity contribution is 5.91. The molecule has 0 saturated heterocycles. The fourth-order valence-electron chi connectivity index (χ4n) is 2.11. The molecule has 0 bridgehead atoms. The predicted molar refractivity (Wildman–Crippen MR) is 101 cm³/mol. The zero-order chi connectivity index (χ0) is 20.2. The Hall–Kier alpha value is -3.16. The number of benzene rings is 2. The van der Waals surface area contributed by atoms with Crippen molar-refractivity contribution in [2.24, 2.45) is 0 Å². The van der Waals surface area contributed by atoms with Gasteiger partial charge < -0.3 is 24.1 Å². The Morgan fingerprint density at radius 1 is 0.929 bits per heavy atom. The minimum atomic E-state index is -0.506. The molecule has 28 heavy (non-hydrogen) atoms. The molecular formula is C21H22O7. The first-order chi connectivity index (χ1) is 13.6. The number of carbonyl (C=O) groups is 2. The van der Waals surface area contributed by atoms with Crippen molar-refractivity contribution < 1.29 is 33.6 Å². The van der Waals surface area contributed by atoms with Gasteiger partial charge in [-0.15, -0.1) is 0 Å². The number of aliphatic hydroxyl groups excluding tert-OH is 1. The summed E-state index contributed by atoms with van der Waals surface area (Å²) in [5.41, 5.74) is 1.12. The molecule has 2 aromatic rings. The van der Waals surface area contributed by atoms with Crippen molar-refractivity contribution in [3.8, 4) is 11.5 Å². The molecule has 0 aliphatic carbocycles. The molecule has 0 amide bonds. The van der Waals surface area contributed by atoms with E-state index in [0.717, 1.165) is 11.6 Å². The highest BCUT2D eigenvalue weighted by Crippen LogP contribution is 2.19. The maximum atomic E-state index is 12.2. The van der Waals surface area contributed by atoms with Gasteiger partial charge in [-0.25, -0.2) is 9.59 Å². The summed E-state index contributed by atoms with van der Waals surface area (Å²) >= 11 is 0. The normalized spacial score (nSPS) is 10.2. The van der Waals surface area contributed by atoms with E-state index in [1.807, 2.05) is 0 Å². The molecule has 0 aromatic heterocycles. The third-order valence-corrected chi connectivity index (χ3v) is 3.50. The van der Waals surface area contributed by atoms with Gasteiger partial charge in [0, 0.05) is 6.08 Å². The van der Waals surface area contributed by atoms with Gasteiger partial charge in [0.2, 0.25) is 0 Å². The first-order valence-corrected chi connectivity index (χ1v) is 8.64. The lowest BCUT2D eigenvalue weighted by Gasteiger charge is -2.08. The molecule has 7 heteroatoms. The SMILES string of the molecule is C=CC(=O)OCc1ccc(C(=O)Oc2ccc(OCCOCCO)cc2)cc1. The first-order valence-electron chi connectivity index (χ1n) is 8.64. The molecule has 2 aromatic carbocycles. The third kappa shape index (κ3) is 7.22. The molecule has 0 radical (unpaired) electrons. The van der Waals surface area contributed by atoms with Crippen molar-refractivity contribution in [2.45, 2.75) is 6.61 Å². The van der Waals surface area contributed by atoms with Crippen LogP contribution in [0.3, 0.4) is 0 Å². The number of aliphatic hydroxyl groups is 1.